The minimum atomic E-state index is -0.0730. The van der Waals surface area contributed by atoms with Gasteiger partial charge in [-0.3, -0.25) is 0 Å². The van der Waals surface area contributed by atoms with E-state index in [1.807, 2.05) is 13.8 Å². The number of aliphatic hydroxyl groups is 1. The molecule has 2 aliphatic rings. The van der Waals surface area contributed by atoms with Crippen LogP contribution in [0.4, 0.5) is 4.79 Å². The van der Waals surface area contributed by atoms with E-state index < -0.39 is 0 Å². The van der Waals surface area contributed by atoms with Crippen LogP contribution >= 0.6 is 0 Å². The van der Waals surface area contributed by atoms with Crippen LogP contribution in [0.25, 0.3) is 0 Å². The van der Waals surface area contributed by atoms with E-state index in [9.17, 15) is 4.79 Å². The van der Waals surface area contributed by atoms with Crippen LogP contribution in [0.3, 0.4) is 0 Å². The Kier molecular flexibility index (Phi) is 5.08. The molecule has 2 rings (SSSR count). The monoisotopic (exact) mass is 268 g/mol. The molecule has 4 atom stereocenters. The van der Waals surface area contributed by atoms with Crippen LogP contribution in [0.2, 0.25) is 0 Å². The molecule has 0 saturated heterocycles. The third-order valence-electron chi connectivity index (χ3n) is 4.91. The van der Waals surface area contributed by atoms with Crippen molar-refractivity contribution in [2.45, 2.75) is 64.5 Å². The molecule has 0 aromatic rings. The van der Waals surface area contributed by atoms with Crippen LogP contribution in [-0.4, -0.2) is 29.8 Å². The first-order valence-electron chi connectivity index (χ1n) is 7.79. The van der Waals surface area contributed by atoms with E-state index in [1.165, 1.54) is 32.1 Å². The highest BCUT2D eigenvalue weighted by Crippen LogP contribution is 2.44. The molecule has 0 aromatic carbocycles. The SMILES string of the molecule is CC(CO)C(C)NC(=O)NC1CC1C1CCCCC1. The van der Waals surface area contributed by atoms with Crippen LogP contribution in [0.5, 0.6) is 0 Å². The minimum absolute atomic E-state index is 0.0110. The van der Waals surface area contributed by atoms with Crippen molar-refractivity contribution in [2.75, 3.05) is 6.61 Å². The van der Waals surface area contributed by atoms with Gasteiger partial charge in [-0.15, -0.1) is 0 Å². The Bertz CT molecular complexity index is 303. The van der Waals surface area contributed by atoms with Gasteiger partial charge in [-0.2, -0.15) is 0 Å². The van der Waals surface area contributed by atoms with Gasteiger partial charge in [-0.05, 0) is 31.1 Å². The lowest BCUT2D eigenvalue weighted by Crippen LogP contribution is -2.45. The van der Waals surface area contributed by atoms with Crippen molar-refractivity contribution < 1.29 is 9.90 Å². The number of carbonyl (C=O) groups is 1. The lowest BCUT2D eigenvalue weighted by Gasteiger charge is -2.22. The molecule has 0 aliphatic heterocycles. The minimum Gasteiger partial charge on any atom is -0.396 e. The summed E-state index contributed by atoms with van der Waals surface area (Å²) in [4.78, 5) is 11.8. The van der Waals surface area contributed by atoms with Gasteiger partial charge < -0.3 is 15.7 Å². The van der Waals surface area contributed by atoms with E-state index in [0.29, 0.717) is 6.04 Å². The third kappa shape index (κ3) is 4.10. The van der Waals surface area contributed by atoms with Crippen LogP contribution in [0.1, 0.15) is 52.4 Å². The largest absolute Gasteiger partial charge is 0.396 e. The van der Waals surface area contributed by atoms with Crippen molar-refractivity contribution >= 4 is 6.03 Å². The van der Waals surface area contributed by atoms with Gasteiger partial charge in [0, 0.05) is 18.7 Å². The summed E-state index contributed by atoms with van der Waals surface area (Å²) in [6, 6.07) is 0.327. The Balaban J connectivity index is 1.67. The predicted octanol–water partition coefficient (Wildman–Crippen LogP) is 2.27. The van der Waals surface area contributed by atoms with Crippen molar-refractivity contribution in [2.24, 2.45) is 17.8 Å². The summed E-state index contributed by atoms with van der Waals surface area (Å²) in [5.74, 6) is 1.66. The molecule has 0 radical (unpaired) electrons. The summed E-state index contributed by atoms with van der Waals surface area (Å²) in [5.41, 5.74) is 0. The number of aliphatic hydroxyl groups excluding tert-OH is 1. The van der Waals surface area contributed by atoms with Crippen LogP contribution in [0.15, 0.2) is 0 Å². The first-order chi connectivity index (χ1) is 9.11. The van der Waals surface area contributed by atoms with Gasteiger partial charge in [-0.1, -0.05) is 39.0 Å². The first-order valence-corrected chi connectivity index (χ1v) is 7.79. The van der Waals surface area contributed by atoms with E-state index in [0.717, 1.165) is 18.3 Å². The maximum absolute atomic E-state index is 11.8. The van der Waals surface area contributed by atoms with Crippen molar-refractivity contribution in [1.82, 2.24) is 10.6 Å². The highest BCUT2D eigenvalue weighted by atomic mass is 16.3. The number of nitrogens with one attached hydrogen (secondary N) is 2. The Labute approximate surface area is 116 Å². The van der Waals surface area contributed by atoms with Crippen LogP contribution in [0, 0.1) is 17.8 Å². The Morgan fingerprint density at radius 2 is 1.95 bits per heavy atom. The topological polar surface area (TPSA) is 61.4 Å². The van der Waals surface area contributed by atoms with E-state index in [-0.39, 0.29) is 24.6 Å². The van der Waals surface area contributed by atoms with E-state index >= 15 is 0 Å². The fourth-order valence-corrected chi connectivity index (χ4v) is 3.18. The van der Waals surface area contributed by atoms with Crippen molar-refractivity contribution in [3.63, 3.8) is 0 Å². The highest BCUT2D eigenvalue weighted by molar-refractivity contribution is 5.75. The first kappa shape index (κ1) is 14.6. The van der Waals surface area contributed by atoms with Gasteiger partial charge in [0.05, 0.1) is 0 Å². The normalized spacial score (nSPS) is 30.5. The average molecular weight is 268 g/mol. The molecule has 2 amide bonds. The maximum atomic E-state index is 11.8. The second-order valence-corrected chi connectivity index (χ2v) is 6.47. The average Bonchev–Trinajstić information content (AvgIpc) is 3.17. The molecule has 0 heterocycles. The molecule has 2 fully saturated rings. The van der Waals surface area contributed by atoms with Crippen molar-refractivity contribution in [3.8, 4) is 0 Å². The summed E-state index contributed by atoms with van der Waals surface area (Å²) in [6.07, 6.45) is 7.97. The third-order valence-corrected chi connectivity index (χ3v) is 4.91. The number of rotatable bonds is 5. The second kappa shape index (κ2) is 6.60. The van der Waals surface area contributed by atoms with E-state index in [1.54, 1.807) is 0 Å². The highest BCUT2D eigenvalue weighted by Gasteiger charge is 2.43. The molecule has 0 spiro atoms. The maximum Gasteiger partial charge on any atom is 0.315 e. The Morgan fingerprint density at radius 3 is 2.58 bits per heavy atom. The Hall–Kier alpha value is -0.770. The zero-order valence-electron chi connectivity index (χ0n) is 12.2. The standard InChI is InChI=1S/C15H28N2O2/c1-10(9-18)11(2)16-15(19)17-14-8-13(14)12-6-4-3-5-7-12/h10-14,18H,3-9H2,1-2H3,(H2,16,17,19). The fraction of sp³-hybridized carbons (Fsp3) is 0.933. The summed E-state index contributed by atoms with van der Waals surface area (Å²) in [7, 11) is 0. The smallest absolute Gasteiger partial charge is 0.315 e. The molecule has 2 aliphatic carbocycles. The van der Waals surface area contributed by atoms with Crippen molar-refractivity contribution in [1.29, 1.82) is 0 Å². The predicted molar refractivity (Wildman–Crippen MR) is 75.8 cm³/mol. The molecule has 3 N–H and O–H groups in total. The second-order valence-electron chi connectivity index (χ2n) is 6.47. The zero-order valence-corrected chi connectivity index (χ0v) is 12.2. The molecule has 0 aromatic heterocycles. The van der Waals surface area contributed by atoms with E-state index in [4.69, 9.17) is 5.11 Å². The van der Waals surface area contributed by atoms with Gasteiger partial charge >= 0.3 is 6.03 Å². The lowest BCUT2D eigenvalue weighted by atomic mass is 9.85. The number of hydrogen-bond acceptors (Lipinski definition) is 2. The van der Waals surface area contributed by atoms with E-state index in [2.05, 4.69) is 10.6 Å². The number of urea groups is 1. The number of amides is 2. The van der Waals surface area contributed by atoms with Gasteiger partial charge in [-0.25, -0.2) is 4.79 Å². The van der Waals surface area contributed by atoms with Gasteiger partial charge in [0.1, 0.15) is 0 Å². The Morgan fingerprint density at radius 1 is 1.26 bits per heavy atom. The molecule has 4 heteroatoms. The van der Waals surface area contributed by atoms with Crippen molar-refractivity contribution in [3.05, 3.63) is 0 Å². The summed E-state index contributed by atoms with van der Waals surface area (Å²) < 4.78 is 0. The van der Waals surface area contributed by atoms with Crippen LogP contribution in [-0.2, 0) is 0 Å². The van der Waals surface area contributed by atoms with Gasteiger partial charge in [0.2, 0.25) is 0 Å². The van der Waals surface area contributed by atoms with Gasteiger partial charge in [0.25, 0.3) is 0 Å². The number of hydrogen-bond donors (Lipinski definition) is 3. The molecule has 2 saturated carbocycles. The molecule has 0 bridgehead atoms. The quantitative estimate of drug-likeness (QED) is 0.716. The number of carbonyl (C=O) groups excluding carboxylic acids is 1. The summed E-state index contributed by atoms with van der Waals surface area (Å²) in [5, 5.41) is 15.0. The molecular weight excluding hydrogens is 240 g/mol. The molecule has 4 nitrogen and oxygen atoms in total. The van der Waals surface area contributed by atoms with Gasteiger partial charge in [0.15, 0.2) is 0 Å². The lowest BCUT2D eigenvalue weighted by molar-refractivity contribution is 0.199. The molecule has 4 unspecified atom stereocenters. The van der Waals surface area contributed by atoms with Crippen LogP contribution < -0.4 is 10.6 Å². The summed E-state index contributed by atoms with van der Waals surface area (Å²) in [6.45, 7) is 3.98. The zero-order chi connectivity index (χ0) is 13.8. The molecule has 19 heavy (non-hydrogen) atoms. The fourth-order valence-electron chi connectivity index (χ4n) is 3.18. The molecular formula is C15H28N2O2. The summed E-state index contributed by atoms with van der Waals surface area (Å²) >= 11 is 0. The molecule has 110 valence electrons.